The van der Waals surface area contributed by atoms with Crippen LogP contribution in [0.1, 0.15) is 212 Å². The Morgan fingerprint density at radius 3 is 1.03 bits per heavy atom. The summed E-state index contributed by atoms with van der Waals surface area (Å²) in [6.45, 7) is 7.71. The van der Waals surface area contributed by atoms with E-state index in [1.807, 2.05) is 43.3 Å². The first-order valence-electron chi connectivity index (χ1n) is 43.7. The monoisotopic (exact) mass is 1750 g/mol. The molecule has 5 aliphatic heterocycles. The number of carbonyl (C=O) groups excluding carboxylic acids is 5. The lowest BCUT2D eigenvalue weighted by molar-refractivity contribution is -0.122. The van der Waals surface area contributed by atoms with Crippen molar-refractivity contribution in [3.8, 4) is 28.7 Å². The zero-order valence-electron chi connectivity index (χ0n) is 70.8. The molecule has 656 valence electrons. The Labute approximate surface area is 737 Å². The van der Waals surface area contributed by atoms with Crippen LogP contribution >= 0.6 is 11.6 Å². The van der Waals surface area contributed by atoms with Gasteiger partial charge in [0.25, 0.3) is 0 Å². The number of benzene rings is 11. The van der Waals surface area contributed by atoms with Gasteiger partial charge < -0.3 is 52.1 Å². The average Bonchev–Trinajstić information content (AvgIpc) is 1.58. The van der Waals surface area contributed by atoms with Gasteiger partial charge in [0.1, 0.15) is 61.6 Å². The molecule has 0 saturated heterocycles. The minimum absolute atomic E-state index is 0.0110. The fourth-order valence-electron chi connectivity index (χ4n) is 22.0. The van der Waals surface area contributed by atoms with E-state index in [1.165, 1.54) is 110 Å². The minimum Gasteiger partial charge on any atom is -0.508 e. The van der Waals surface area contributed by atoms with Gasteiger partial charge in [-0.3, -0.25) is 24.0 Å². The van der Waals surface area contributed by atoms with Crippen molar-refractivity contribution in [1.29, 1.82) is 0 Å². The van der Waals surface area contributed by atoms with E-state index in [2.05, 4.69) is 52.6 Å². The number of aromatic hydroxyl groups is 5. The normalized spacial score (nSPS) is 22.2. The Hall–Kier alpha value is -12.4. The van der Waals surface area contributed by atoms with Crippen LogP contribution < -0.4 is 26.6 Å². The summed E-state index contributed by atoms with van der Waals surface area (Å²) >= 11 is 6.30. The smallest absolute Gasteiger partial charge is 0.244 e. The molecular formula is C104H99ClF7N5O10. The number of nitrogens with one attached hydrogen (secondary N) is 5. The van der Waals surface area contributed by atoms with Gasteiger partial charge in [0.15, 0.2) is 34.9 Å². The minimum atomic E-state index is -1.58. The van der Waals surface area contributed by atoms with E-state index in [0.717, 1.165) is 159 Å². The molecule has 4 saturated carbocycles. The predicted molar refractivity (Wildman–Crippen MR) is 475 cm³/mol. The average molecular weight is 1750 g/mol. The molecule has 10 N–H and O–H groups in total. The molecule has 0 bridgehead atoms. The Morgan fingerprint density at radius 1 is 0.299 bits per heavy atom. The maximum atomic E-state index is 14.4. The van der Waals surface area contributed by atoms with Crippen LogP contribution in [0.2, 0.25) is 5.02 Å². The summed E-state index contributed by atoms with van der Waals surface area (Å²) < 4.78 is 98.4. The number of fused-ring (bicyclic) bond motifs is 5. The molecular weight excluding hydrogens is 1650 g/mol. The summed E-state index contributed by atoms with van der Waals surface area (Å²) in [5, 5.41) is 62.8. The van der Waals surface area contributed by atoms with Gasteiger partial charge in [0.2, 0.25) is 29.5 Å². The Kier molecular flexibility index (Phi) is 24.5. The second-order valence-electron chi connectivity index (χ2n) is 35.3. The summed E-state index contributed by atoms with van der Waals surface area (Å²) in [4.78, 5) is 66.1. The van der Waals surface area contributed by atoms with E-state index in [0.29, 0.717) is 56.7 Å². The number of hydrogen-bond acceptors (Lipinski definition) is 10. The van der Waals surface area contributed by atoms with Crippen molar-refractivity contribution in [3.05, 3.63) is 329 Å². The molecule has 11 aromatic rings. The van der Waals surface area contributed by atoms with Crippen LogP contribution in [0.3, 0.4) is 0 Å². The molecule has 9 aliphatic rings. The maximum Gasteiger partial charge on any atom is 0.244 e. The molecule has 5 atom stereocenters. The number of aryl methyl sites for hydroxylation is 2. The van der Waals surface area contributed by atoms with Gasteiger partial charge in [0.05, 0.1) is 17.1 Å². The molecule has 0 spiro atoms. The summed E-state index contributed by atoms with van der Waals surface area (Å²) in [5.74, 6) is -6.33. The van der Waals surface area contributed by atoms with Gasteiger partial charge in [-0.1, -0.05) is 204 Å². The van der Waals surface area contributed by atoms with Crippen molar-refractivity contribution >= 4 is 69.6 Å². The van der Waals surface area contributed by atoms with Gasteiger partial charge in [-0.2, -0.15) is 0 Å². The fraction of sp³-hybridized carbons (Fsp3) is 0.317. The Morgan fingerprint density at radius 2 is 0.606 bits per heavy atom. The molecule has 5 amide bonds. The largest absolute Gasteiger partial charge is 0.508 e. The SMILES string of the molecule is Cc1c(Cl)ccc2c1NC(=O)C2(c1ccc(O)cc1)C1CCCCC1.Cc1ccc(C2(c3ccc(O)cc3)C(=O)Nc3c2ccc(F)c3F)cc1F.Cc1ccc2c(c1C)NC(=O)C2(c1ccc(O)cc1)C1CCCCC1.O=C1Nc2c(ccc(F)c2F)C1(CC1CCCC1)c1ccc(O)cc1.O=C1Nc2c(ccc(F)c2F)C1(c1ccc(O)cc1)C1CCCCC1. The van der Waals surface area contributed by atoms with E-state index in [9.17, 15) is 80.2 Å². The van der Waals surface area contributed by atoms with Crippen molar-refractivity contribution in [2.45, 2.75) is 183 Å². The van der Waals surface area contributed by atoms with Crippen LogP contribution in [-0.4, -0.2) is 55.1 Å². The molecule has 0 radical (unpaired) electrons. The van der Waals surface area contributed by atoms with E-state index in [4.69, 9.17) is 11.6 Å². The van der Waals surface area contributed by atoms with Crippen molar-refractivity contribution in [2.75, 3.05) is 26.6 Å². The van der Waals surface area contributed by atoms with Crippen molar-refractivity contribution < 1.29 is 80.2 Å². The molecule has 127 heavy (non-hydrogen) atoms. The highest BCUT2D eigenvalue weighted by atomic mass is 35.5. The van der Waals surface area contributed by atoms with Crippen LogP contribution in [0.15, 0.2) is 200 Å². The number of hydrogen-bond donors (Lipinski definition) is 10. The molecule has 11 aromatic carbocycles. The zero-order chi connectivity index (χ0) is 89.8. The summed E-state index contributed by atoms with van der Waals surface area (Å²) in [6.07, 6.45) is 21.1. The van der Waals surface area contributed by atoms with Crippen LogP contribution in [0.4, 0.5) is 59.2 Å². The highest BCUT2D eigenvalue weighted by Crippen LogP contribution is 2.59. The lowest BCUT2D eigenvalue weighted by Gasteiger charge is -2.39. The van der Waals surface area contributed by atoms with E-state index >= 15 is 0 Å². The second-order valence-corrected chi connectivity index (χ2v) is 35.7. The molecule has 5 unspecified atom stereocenters. The first kappa shape index (κ1) is 88.0. The third-order valence-electron chi connectivity index (χ3n) is 28.5. The lowest BCUT2D eigenvalue weighted by Crippen LogP contribution is -2.43. The summed E-state index contributed by atoms with van der Waals surface area (Å²) in [5.41, 5.74) is 7.44. The van der Waals surface area contributed by atoms with Crippen molar-refractivity contribution in [3.63, 3.8) is 0 Å². The number of phenolic OH excluding ortho intramolecular Hbond substituents is 5. The maximum absolute atomic E-state index is 14.4. The topological polar surface area (TPSA) is 247 Å². The molecule has 0 aromatic heterocycles. The molecule has 4 fully saturated rings. The molecule has 15 nitrogen and oxygen atoms in total. The first-order chi connectivity index (χ1) is 61.0. The van der Waals surface area contributed by atoms with Crippen LogP contribution in [-0.2, 0) is 51.0 Å². The van der Waals surface area contributed by atoms with Gasteiger partial charge >= 0.3 is 0 Å². The third-order valence-corrected chi connectivity index (χ3v) is 28.9. The Bertz CT molecular complexity index is 5760. The number of carbonyl (C=O) groups is 5. The number of phenols is 5. The van der Waals surface area contributed by atoms with E-state index in [1.54, 1.807) is 61.5 Å². The molecule has 4 aliphatic carbocycles. The summed E-state index contributed by atoms with van der Waals surface area (Å²) in [6, 6.07) is 53.0. The van der Waals surface area contributed by atoms with Gasteiger partial charge in [-0.25, -0.2) is 30.7 Å². The quantitative estimate of drug-likeness (QED) is 0.0549. The Balaban J connectivity index is 0.000000117. The van der Waals surface area contributed by atoms with Gasteiger partial charge in [0, 0.05) is 22.0 Å². The van der Waals surface area contributed by atoms with Gasteiger partial charge in [-0.15, -0.1) is 0 Å². The standard InChI is InChI=1S/C22H25NO2.C21H22ClNO2.C21H14F3NO2.2C20H19F2NO2/c1-14-8-13-19-20(15(14)2)23-21(25)22(19,16-6-4-3-5-7-16)17-9-11-18(24)12-10-17;1-13-18(22)12-11-17-19(13)23-20(25)21(17,14-5-3-2-4-6-14)15-7-9-16(24)10-8-15;1-11-2-3-13(10-17(11)23)21(12-4-6-14(26)7-5-12)15-8-9-16(22)18(24)19(15)25-20(21)27;21-16-10-9-15-18(17(16)22)23-19(25)20(15,11-12-3-1-2-4-12)13-5-7-14(24)8-6-13;21-16-11-10-15-18(17(16)22)23-19(25)20(15,12-4-2-1-3-5-12)13-6-8-14(24)9-7-13/h8-13,16,24H,3-7H2,1-2H3,(H,23,25);7-12,14,24H,2-6H2,1H3,(H,23,25);2-10,26H,1H3,(H,25,27);5-10,12,24H,1-4,11H2,(H,23,25);6-12,24H,1-5H2,(H,23,25). The van der Waals surface area contributed by atoms with E-state index in [-0.39, 0.29) is 92.4 Å². The fourth-order valence-corrected chi connectivity index (χ4v) is 22.2. The van der Waals surface area contributed by atoms with Crippen LogP contribution in [0.25, 0.3) is 0 Å². The van der Waals surface area contributed by atoms with Crippen molar-refractivity contribution in [2.24, 2.45) is 23.7 Å². The van der Waals surface area contributed by atoms with Crippen LogP contribution in [0, 0.1) is 92.1 Å². The molecule has 23 heteroatoms. The van der Waals surface area contributed by atoms with Gasteiger partial charge in [-0.05, 0) is 265 Å². The first-order valence-corrected chi connectivity index (χ1v) is 44.1. The third kappa shape index (κ3) is 15.1. The number of halogens is 8. The lowest BCUT2D eigenvalue weighted by atomic mass is 9.62. The van der Waals surface area contributed by atoms with E-state index < -0.39 is 73.7 Å². The molecule has 5 heterocycles. The number of anilines is 5. The highest BCUT2D eigenvalue weighted by molar-refractivity contribution is 6.32. The predicted octanol–water partition coefficient (Wildman–Crippen LogP) is 23.4. The van der Waals surface area contributed by atoms with Crippen LogP contribution in [0.5, 0.6) is 28.7 Å². The molecule has 20 rings (SSSR count). The second kappa shape index (κ2) is 35.4. The highest BCUT2D eigenvalue weighted by Gasteiger charge is 2.59. The summed E-state index contributed by atoms with van der Waals surface area (Å²) in [7, 11) is 0. The number of rotatable bonds is 11. The van der Waals surface area contributed by atoms with Crippen molar-refractivity contribution in [1.82, 2.24) is 0 Å². The number of amides is 5. The zero-order valence-corrected chi connectivity index (χ0v) is 71.6.